The summed E-state index contributed by atoms with van der Waals surface area (Å²) >= 11 is 0. The molecule has 0 radical (unpaired) electrons. The monoisotopic (exact) mass is 811 g/mol. The molecule has 2 atom stereocenters. The number of allylic oxidation sites excluding steroid dienone is 14. The van der Waals surface area contributed by atoms with Crippen LogP contribution < -0.4 is 0 Å². The predicted octanol–water partition coefficient (Wildman–Crippen LogP) is 12.5. The lowest BCUT2D eigenvalue weighted by Crippen LogP contribution is -2.50. The van der Waals surface area contributed by atoms with Gasteiger partial charge in [-0.05, 0) is 83.5 Å². The largest absolute Gasteiger partial charge is 0.477 e. The molecule has 58 heavy (non-hydrogen) atoms. The first-order valence-corrected chi connectivity index (χ1v) is 22.6. The molecule has 0 heterocycles. The van der Waals surface area contributed by atoms with Crippen LogP contribution in [0, 0.1) is 0 Å². The predicted molar refractivity (Wildman–Crippen MR) is 243 cm³/mol. The number of quaternary nitrogens is 1. The van der Waals surface area contributed by atoms with Crippen molar-refractivity contribution in [3.8, 4) is 0 Å². The van der Waals surface area contributed by atoms with Crippen LogP contribution in [0.2, 0.25) is 0 Å². The summed E-state index contributed by atoms with van der Waals surface area (Å²) in [6.45, 7) is 4.53. The van der Waals surface area contributed by atoms with E-state index in [2.05, 4.69) is 98.9 Å². The lowest BCUT2D eigenvalue weighted by atomic mass is 10.1. The number of rotatable bonds is 39. The molecule has 0 rings (SSSR count). The Bertz CT molecular complexity index is 1220. The number of hydrogen-bond acceptors (Lipinski definition) is 6. The van der Waals surface area contributed by atoms with Gasteiger partial charge in [0.2, 0.25) is 0 Å². The number of hydrogen-bond donors (Lipinski definition) is 1. The van der Waals surface area contributed by atoms with Crippen molar-refractivity contribution in [1.82, 2.24) is 0 Å². The van der Waals surface area contributed by atoms with Gasteiger partial charge in [-0.1, -0.05) is 144 Å². The van der Waals surface area contributed by atoms with E-state index in [9.17, 15) is 19.5 Å². The minimum atomic E-state index is -0.886. The molecule has 2 unspecified atom stereocenters. The first-order chi connectivity index (χ1) is 28.1. The van der Waals surface area contributed by atoms with Crippen LogP contribution in [0.25, 0.3) is 0 Å². The molecule has 0 aromatic heterocycles. The summed E-state index contributed by atoms with van der Waals surface area (Å²) in [5.41, 5.74) is 0. The molecule has 0 saturated heterocycles. The van der Waals surface area contributed by atoms with Gasteiger partial charge in [0, 0.05) is 19.3 Å². The Labute approximate surface area is 354 Å². The summed E-state index contributed by atoms with van der Waals surface area (Å²) in [6, 6.07) is -0.626. The number of carboxylic acids is 1. The number of carbonyl (C=O) groups excluding carboxylic acids is 2. The molecule has 0 spiro atoms. The fraction of sp³-hybridized carbons (Fsp3) is 0.660. The van der Waals surface area contributed by atoms with E-state index < -0.39 is 18.1 Å². The van der Waals surface area contributed by atoms with Gasteiger partial charge in [0.25, 0.3) is 0 Å². The van der Waals surface area contributed by atoms with Gasteiger partial charge in [0.05, 0.1) is 34.4 Å². The maximum Gasteiger partial charge on any atom is 0.362 e. The van der Waals surface area contributed by atoms with Gasteiger partial charge >= 0.3 is 17.9 Å². The Hall–Kier alpha value is -3.49. The number of ether oxygens (including phenoxy) is 3. The summed E-state index contributed by atoms with van der Waals surface area (Å²) in [5, 5.41) is 9.62. The van der Waals surface area contributed by atoms with Gasteiger partial charge in [-0.25, -0.2) is 4.79 Å². The zero-order valence-electron chi connectivity index (χ0n) is 37.5. The minimum Gasteiger partial charge on any atom is -0.477 e. The molecule has 0 aromatic carbocycles. The van der Waals surface area contributed by atoms with E-state index in [1.807, 2.05) is 21.1 Å². The van der Waals surface area contributed by atoms with Crippen molar-refractivity contribution in [1.29, 1.82) is 0 Å². The van der Waals surface area contributed by atoms with Gasteiger partial charge in [-0.15, -0.1) is 0 Å². The summed E-state index contributed by atoms with van der Waals surface area (Å²) < 4.78 is 17.2. The van der Waals surface area contributed by atoms with Crippen LogP contribution in [0.1, 0.15) is 162 Å². The lowest BCUT2D eigenvalue weighted by molar-refractivity contribution is -0.887. The van der Waals surface area contributed by atoms with Crippen molar-refractivity contribution in [3.05, 3.63) is 85.1 Å². The summed E-state index contributed by atoms with van der Waals surface area (Å²) in [5.74, 6) is -1.53. The summed E-state index contributed by atoms with van der Waals surface area (Å²) in [6.07, 6.45) is 51.9. The van der Waals surface area contributed by atoms with Gasteiger partial charge in [0.15, 0.2) is 12.1 Å². The van der Waals surface area contributed by atoms with Crippen molar-refractivity contribution in [2.75, 3.05) is 41.0 Å². The van der Waals surface area contributed by atoms with Crippen LogP contribution in [-0.2, 0) is 28.6 Å². The molecule has 0 saturated carbocycles. The highest BCUT2D eigenvalue weighted by atomic mass is 16.6. The number of likely N-dealkylation sites (N-methyl/N-ethyl adjacent to an activating group) is 1. The van der Waals surface area contributed by atoms with Crippen LogP contribution in [0.3, 0.4) is 0 Å². The second-order valence-electron chi connectivity index (χ2n) is 15.9. The second-order valence-corrected chi connectivity index (χ2v) is 15.9. The Morgan fingerprint density at radius 1 is 0.552 bits per heavy atom. The molecular formula is C50H84NO7+. The average Bonchev–Trinajstić information content (AvgIpc) is 3.18. The minimum absolute atomic E-state index is 0.0405. The van der Waals surface area contributed by atoms with Crippen LogP contribution in [-0.4, -0.2) is 80.6 Å². The Morgan fingerprint density at radius 2 is 1.02 bits per heavy atom. The van der Waals surface area contributed by atoms with E-state index in [1.165, 1.54) is 32.1 Å². The summed E-state index contributed by atoms with van der Waals surface area (Å²) in [4.78, 5) is 37.0. The molecule has 0 aromatic rings. The van der Waals surface area contributed by atoms with Crippen LogP contribution >= 0.6 is 0 Å². The second kappa shape index (κ2) is 40.3. The maximum atomic E-state index is 12.7. The van der Waals surface area contributed by atoms with Crippen LogP contribution in [0.4, 0.5) is 0 Å². The van der Waals surface area contributed by atoms with Gasteiger partial charge in [0.1, 0.15) is 6.61 Å². The molecule has 0 fully saturated rings. The molecule has 0 aliphatic rings. The molecule has 1 N–H and O–H groups in total. The molecule has 8 heteroatoms. The van der Waals surface area contributed by atoms with Gasteiger partial charge in [-0.2, -0.15) is 0 Å². The average molecular weight is 811 g/mol. The van der Waals surface area contributed by atoms with Crippen molar-refractivity contribution in [2.24, 2.45) is 0 Å². The van der Waals surface area contributed by atoms with E-state index in [1.54, 1.807) is 0 Å². The number of carbonyl (C=O) groups is 3. The third-order valence-corrected chi connectivity index (χ3v) is 9.56. The molecule has 8 nitrogen and oxygen atoms in total. The smallest absolute Gasteiger partial charge is 0.362 e. The van der Waals surface area contributed by atoms with Gasteiger partial charge < -0.3 is 23.8 Å². The van der Waals surface area contributed by atoms with Crippen molar-refractivity contribution < 1.29 is 38.2 Å². The fourth-order valence-corrected chi connectivity index (χ4v) is 6.05. The first-order valence-electron chi connectivity index (χ1n) is 22.6. The Morgan fingerprint density at radius 3 is 1.55 bits per heavy atom. The third-order valence-electron chi connectivity index (χ3n) is 9.56. The van der Waals surface area contributed by atoms with E-state index >= 15 is 0 Å². The third kappa shape index (κ3) is 38.1. The SMILES string of the molecule is CC/C=C/C/C=C/C/C=C/C/C=C/C/C=C/CCCCCC(=O)OCC(COCCC(C(=O)O)[N+](C)(C)C)OC(=O)CCCCCCCC/C=C/C=C/CCCCC. The number of aliphatic carboxylic acids is 1. The highest BCUT2D eigenvalue weighted by molar-refractivity contribution is 5.72. The molecule has 0 aliphatic heterocycles. The highest BCUT2D eigenvalue weighted by Gasteiger charge is 2.31. The normalized spacial score (nSPS) is 13.7. The molecule has 330 valence electrons. The van der Waals surface area contributed by atoms with E-state index in [-0.39, 0.29) is 36.2 Å². The Balaban J connectivity index is 4.43. The zero-order valence-corrected chi connectivity index (χ0v) is 37.5. The first kappa shape index (κ1) is 54.5. The maximum absolute atomic E-state index is 12.7. The quantitative estimate of drug-likeness (QED) is 0.0217. The van der Waals surface area contributed by atoms with E-state index in [0.29, 0.717) is 19.3 Å². The van der Waals surface area contributed by atoms with Crippen molar-refractivity contribution >= 4 is 17.9 Å². The highest BCUT2D eigenvalue weighted by Crippen LogP contribution is 2.13. The number of unbranched alkanes of at least 4 members (excludes halogenated alkanes) is 12. The number of carboxylic acid groups (broad SMARTS) is 1. The van der Waals surface area contributed by atoms with Gasteiger partial charge in [-0.3, -0.25) is 9.59 Å². The molecule has 0 amide bonds. The van der Waals surface area contributed by atoms with Crippen LogP contribution in [0.5, 0.6) is 0 Å². The Kier molecular flexibility index (Phi) is 37.9. The van der Waals surface area contributed by atoms with Crippen LogP contribution in [0.15, 0.2) is 85.1 Å². The lowest BCUT2D eigenvalue weighted by Gasteiger charge is -2.31. The summed E-state index contributed by atoms with van der Waals surface area (Å²) in [7, 11) is 5.50. The zero-order chi connectivity index (χ0) is 42.8. The van der Waals surface area contributed by atoms with Crippen molar-refractivity contribution in [3.63, 3.8) is 0 Å². The number of esters is 2. The van der Waals surface area contributed by atoms with Crippen molar-refractivity contribution in [2.45, 2.75) is 174 Å². The van der Waals surface area contributed by atoms with E-state index in [0.717, 1.165) is 96.3 Å². The standard InChI is InChI=1S/C50H83NO7/c1-6-8-10-12-14-16-18-20-22-23-24-25-27-28-30-32-34-36-38-40-48(52)57-45-46(44-56-43-42-47(50(54)55)51(3,4)5)58-49(53)41-39-37-35-33-31-29-26-21-19-17-15-13-11-9-7-2/h8,10,14-17,19-22,24-25,28,30,46-47H,6-7,9,11-13,18,23,26-27,29,31-45H2,1-5H3/p+1/b10-8+,16-14+,17-15+,21-19+,22-20+,25-24+,30-28+. The molecule has 0 aliphatic carbocycles. The van der Waals surface area contributed by atoms with E-state index in [4.69, 9.17) is 14.2 Å². The fourth-order valence-electron chi connectivity index (χ4n) is 6.05. The molecular weight excluding hydrogens is 727 g/mol. The number of nitrogens with zero attached hydrogens (tertiary/aromatic N) is 1. The topological polar surface area (TPSA) is 99.1 Å². The molecule has 0 bridgehead atoms.